The van der Waals surface area contributed by atoms with Crippen LogP contribution in [0.5, 0.6) is 5.75 Å². The van der Waals surface area contributed by atoms with Gasteiger partial charge in [-0.15, -0.1) is 6.42 Å². The molecule has 1 heterocycles. The number of hydrogen-bond acceptors (Lipinski definition) is 5. The Morgan fingerprint density at radius 3 is 2.60 bits per heavy atom. The molecule has 0 saturated heterocycles. The van der Waals surface area contributed by atoms with Crippen molar-refractivity contribution in [2.75, 3.05) is 13.2 Å². The van der Waals surface area contributed by atoms with Crippen LogP contribution in [0.15, 0.2) is 88.2 Å². The van der Waals surface area contributed by atoms with Crippen molar-refractivity contribution in [2.45, 2.75) is 45.4 Å². The predicted molar refractivity (Wildman–Crippen MR) is 175 cm³/mol. The molecule has 1 aromatic heterocycles. The number of ether oxygens (including phenoxy) is 1. The molecule has 42 heavy (non-hydrogen) atoms. The Bertz CT molecular complexity index is 1600. The maximum absolute atomic E-state index is 13.9. The van der Waals surface area contributed by atoms with E-state index < -0.39 is 5.66 Å². The average Bonchev–Trinajstić information content (AvgIpc) is 2.94. The number of nitrogens with zero attached hydrogens (tertiary/aromatic N) is 2. The summed E-state index contributed by atoms with van der Waals surface area (Å²) in [5, 5.41) is 1.30. The highest BCUT2D eigenvalue weighted by Crippen LogP contribution is 2.21. The van der Waals surface area contributed by atoms with E-state index in [0.717, 1.165) is 15.4 Å². The van der Waals surface area contributed by atoms with Crippen molar-refractivity contribution in [3.63, 3.8) is 0 Å². The maximum atomic E-state index is 13.9. The van der Waals surface area contributed by atoms with Crippen LogP contribution in [0.4, 0.5) is 0 Å². The van der Waals surface area contributed by atoms with E-state index in [2.05, 4.69) is 28.4 Å². The van der Waals surface area contributed by atoms with Crippen molar-refractivity contribution in [1.82, 2.24) is 9.47 Å². The summed E-state index contributed by atoms with van der Waals surface area (Å²) in [6, 6.07) is 14.3. The van der Waals surface area contributed by atoms with Gasteiger partial charge in [-0.05, 0) is 72.8 Å². The number of amides is 1. The number of rotatable bonds is 13. The summed E-state index contributed by atoms with van der Waals surface area (Å²) in [7, 11) is 0. The fourth-order valence-electron chi connectivity index (χ4n) is 4.29. The summed E-state index contributed by atoms with van der Waals surface area (Å²) in [4.78, 5) is 28.9. The Kier molecular flexibility index (Phi) is 11.8. The van der Waals surface area contributed by atoms with Gasteiger partial charge in [-0.25, -0.2) is 0 Å². The molecular weight excluding hydrogens is 616 g/mol. The lowest BCUT2D eigenvalue weighted by Gasteiger charge is -2.29. The van der Waals surface area contributed by atoms with Gasteiger partial charge in [-0.1, -0.05) is 65.2 Å². The van der Waals surface area contributed by atoms with E-state index in [1.165, 1.54) is 0 Å². The summed E-state index contributed by atoms with van der Waals surface area (Å²) >= 11 is 9.78. The van der Waals surface area contributed by atoms with E-state index in [1.54, 1.807) is 51.9 Å². The molecule has 2 aromatic carbocycles. The van der Waals surface area contributed by atoms with Gasteiger partial charge in [0.15, 0.2) is 0 Å². The Morgan fingerprint density at radius 1 is 1.24 bits per heavy atom. The number of nitrogens with two attached hydrogens (primary N) is 2. The summed E-state index contributed by atoms with van der Waals surface area (Å²) in [6.07, 6.45) is 11.3. The topological polar surface area (TPSA) is 104 Å². The van der Waals surface area contributed by atoms with Crippen LogP contribution in [0, 0.1) is 12.3 Å². The Hall–Kier alpha value is -3.61. The molecule has 0 fully saturated rings. The third-order valence-corrected chi connectivity index (χ3v) is 7.38. The zero-order valence-corrected chi connectivity index (χ0v) is 26.2. The van der Waals surface area contributed by atoms with Crippen molar-refractivity contribution in [1.29, 1.82) is 0 Å². The second kappa shape index (κ2) is 15.0. The normalized spacial score (nSPS) is 12.0. The molecule has 0 radical (unpaired) electrons. The van der Waals surface area contributed by atoms with Crippen LogP contribution in [0.1, 0.15) is 37.8 Å². The van der Waals surface area contributed by atoms with Crippen LogP contribution in [-0.2, 0) is 17.9 Å². The number of carbonyl (C=O) groups excluding carboxylic acids is 1. The van der Waals surface area contributed by atoms with Crippen molar-refractivity contribution in [2.24, 2.45) is 11.5 Å². The fourth-order valence-corrected chi connectivity index (χ4v) is 5.05. The monoisotopic (exact) mass is 650 g/mol. The van der Waals surface area contributed by atoms with Gasteiger partial charge in [-0.2, -0.15) is 0 Å². The lowest BCUT2D eigenvalue weighted by Crippen LogP contribution is -2.52. The van der Waals surface area contributed by atoms with Crippen LogP contribution in [0.3, 0.4) is 0 Å². The van der Waals surface area contributed by atoms with Crippen molar-refractivity contribution >= 4 is 44.3 Å². The molecule has 0 aliphatic heterocycles. The standard InChI is InChI=1S/C33H36BrClN4O3/c1-5-8-27(34)17-23(4)21-38(31(40)20-33(36,37)7-3)22-26-18-25-11-12-28(35)19-30(25)39(32(26)41)15-16-42-29-13-9-24(6-2)10-14-29/h2,5,8-14,17-19H,4,7,15-16,20-22,36-37H2,1,3H3/b8-5-,27-17+. The molecule has 220 valence electrons. The van der Waals surface area contributed by atoms with E-state index in [0.29, 0.717) is 33.8 Å². The van der Waals surface area contributed by atoms with Crippen LogP contribution in [0.25, 0.3) is 10.9 Å². The molecule has 0 aliphatic carbocycles. The molecule has 3 rings (SSSR count). The Balaban J connectivity index is 1.97. The SMILES string of the molecule is C#Cc1ccc(OCCn2c(=O)c(CN(CC(=C)/C=C(Br)\C=C/C)C(=O)CC(N)(N)CC)cc3ccc(Cl)cc32)cc1. The number of fused-ring (bicyclic) bond motifs is 1. The van der Waals surface area contributed by atoms with Crippen LogP contribution in [0.2, 0.25) is 5.02 Å². The third kappa shape index (κ3) is 9.20. The highest BCUT2D eigenvalue weighted by Gasteiger charge is 2.26. The van der Waals surface area contributed by atoms with Crippen LogP contribution >= 0.6 is 27.5 Å². The van der Waals surface area contributed by atoms with E-state index in [4.69, 9.17) is 34.2 Å². The van der Waals surface area contributed by atoms with Crippen molar-refractivity contribution < 1.29 is 9.53 Å². The van der Waals surface area contributed by atoms with Gasteiger partial charge in [0.1, 0.15) is 12.4 Å². The molecule has 0 bridgehead atoms. The molecule has 4 N–H and O–H groups in total. The minimum Gasteiger partial charge on any atom is -0.492 e. The number of pyridine rings is 1. The van der Waals surface area contributed by atoms with Crippen LogP contribution < -0.4 is 21.8 Å². The average molecular weight is 652 g/mol. The minimum absolute atomic E-state index is 0.0402. The number of halogens is 2. The lowest BCUT2D eigenvalue weighted by molar-refractivity contribution is -0.132. The van der Waals surface area contributed by atoms with E-state index >= 15 is 0 Å². The second-order valence-electron chi connectivity index (χ2n) is 10.0. The smallest absolute Gasteiger partial charge is 0.256 e. The number of aromatic nitrogens is 1. The zero-order chi connectivity index (χ0) is 30.9. The minimum atomic E-state index is -1.17. The van der Waals surface area contributed by atoms with Crippen molar-refractivity contribution in [3.05, 3.63) is 110 Å². The van der Waals surface area contributed by atoms with E-state index in [-0.39, 0.29) is 44.1 Å². The first-order valence-corrected chi connectivity index (χ1v) is 14.7. The van der Waals surface area contributed by atoms with Crippen molar-refractivity contribution in [3.8, 4) is 18.1 Å². The Labute approximate surface area is 260 Å². The van der Waals surface area contributed by atoms with Gasteiger partial charge in [0.25, 0.3) is 5.56 Å². The Morgan fingerprint density at radius 2 is 1.95 bits per heavy atom. The maximum Gasteiger partial charge on any atom is 0.256 e. The van der Waals surface area contributed by atoms with E-state index in [9.17, 15) is 9.59 Å². The molecular formula is C33H36BrClN4O3. The van der Waals surface area contributed by atoms with E-state index in [1.807, 2.05) is 38.1 Å². The van der Waals surface area contributed by atoms with Crippen LogP contribution in [-0.4, -0.2) is 34.2 Å². The molecule has 1 amide bonds. The molecule has 0 spiro atoms. The quantitative estimate of drug-likeness (QED) is 0.137. The lowest BCUT2D eigenvalue weighted by atomic mass is 10.0. The first-order chi connectivity index (χ1) is 20.0. The highest BCUT2D eigenvalue weighted by atomic mass is 79.9. The molecule has 0 aliphatic rings. The molecule has 9 heteroatoms. The van der Waals surface area contributed by atoms with Gasteiger partial charge in [-0.3, -0.25) is 9.59 Å². The summed E-state index contributed by atoms with van der Waals surface area (Å²) < 4.78 is 8.32. The van der Waals surface area contributed by atoms with Gasteiger partial charge in [0, 0.05) is 27.2 Å². The van der Waals surface area contributed by atoms with Gasteiger partial charge >= 0.3 is 0 Å². The van der Waals surface area contributed by atoms with Gasteiger partial charge in [0.2, 0.25) is 5.91 Å². The number of benzene rings is 2. The largest absolute Gasteiger partial charge is 0.492 e. The molecule has 0 saturated carbocycles. The first kappa shape index (κ1) is 32.9. The number of carbonyl (C=O) groups is 1. The summed E-state index contributed by atoms with van der Waals surface area (Å²) in [6.45, 7) is 8.54. The zero-order valence-electron chi connectivity index (χ0n) is 23.9. The third-order valence-electron chi connectivity index (χ3n) is 6.65. The number of hydrogen-bond donors (Lipinski definition) is 2. The first-order valence-electron chi connectivity index (χ1n) is 13.5. The highest BCUT2D eigenvalue weighted by molar-refractivity contribution is 9.11. The number of allylic oxidation sites excluding steroid dienone is 3. The summed E-state index contributed by atoms with van der Waals surface area (Å²) in [5.41, 5.74) is 13.4. The molecule has 0 unspecified atom stereocenters. The number of terminal acetylenes is 1. The second-order valence-corrected chi connectivity index (χ2v) is 11.4. The summed E-state index contributed by atoms with van der Waals surface area (Å²) in [5.74, 6) is 2.93. The fraction of sp³-hybridized carbons (Fsp3) is 0.273. The molecule has 3 aromatic rings. The van der Waals surface area contributed by atoms with Gasteiger partial charge in [0.05, 0.1) is 30.7 Å². The molecule has 7 nitrogen and oxygen atoms in total. The molecule has 0 atom stereocenters. The predicted octanol–water partition coefficient (Wildman–Crippen LogP) is 5.87. The van der Waals surface area contributed by atoms with Gasteiger partial charge < -0.3 is 25.7 Å².